The minimum Gasteiger partial charge on any atom is -0.492 e. The second-order valence-corrected chi connectivity index (χ2v) is 4.38. The van der Waals surface area contributed by atoms with E-state index in [9.17, 15) is 0 Å². The van der Waals surface area contributed by atoms with Crippen LogP contribution in [0.15, 0.2) is 16.7 Å². The highest BCUT2D eigenvalue weighted by Crippen LogP contribution is 2.30. The summed E-state index contributed by atoms with van der Waals surface area (Å²) in [7, 11) is 1.62. The monoisotopic (exact) mass is 288 g/mol. The molecule has 0 aliphatic carbocycles. The summed E-state index contributed by atoms with van der Waals surface area (Å²) in [5.74, 6) is 1.44. The van der Waals surface area contributed by atoms with Crippen molar-refractivity contribution in [3.63, 3.8) is 0 Å². The third kappa shape index (κ3) is 3.98. The molecule has 0 fully saturated rings. The van der Waals surface area contributed by atoms with E-state index in [-0.39, 0.29) is 6.10 Å². The van der Waals surface area contributed by atoms with Crippen LogP contribution in [0.25, 0.3) is 0 Å². The van der Waals surface area contributed by atoms with Crippen molar-refractivity contribution in [3.8, 4) is 5.75 Å². The minimum absolute atomic E-state index is 0.249. The van der Waals surface area contributed by atoms with E-state index in [1.54, 1.807) is 13.3 Å². The normalized spacial score (nSPS) is 10.6. The van der Waals surface area contributed by atoms with E-state index >= 15 is 0 Å². The molecule has 0 saturated heterocycles. The molecule has 90 valence electrons. The van der Waals surface area contributed by atoms with E-state index in [4.69, 9.17) is 9.47 Å². The molecular formula is C11H17BrN2O2. The molecule has 1 aromatic heterocycles. The zero-order chi connectivity index (χ0) is 12.0. The highest BCUT2D eigenvalue weighted by Gasteiger charge is 2.07. The fourth-order valence-electron chi connectivity index (χ4n) is 1.21. The zero-order valence-electron chi connectivity index (χ0n) is 9.79. The number of hydrogen-bond acceptors (Lipinski definition) is 4. The minimum atomic E-state index is 0.249. The standard InChI is InChI=1S/C11H17BrN2O2/c1-8(2)16-7-6-14-11-10(15-3)9(12)4-5-13-11/h4-5,8H,6-7H2,1-3H3,(H,13,14). The number of rotatable bonds is 6. The molecular weight excluding hydrogens is 272 g/mol. The van der Waals surface area contributed by atoms with Gasteiger partial charge in [-0.1, -0.05) is 0 Å². The van der Waals surface area contributed by atoms with Crippen molar-refractivity contribution in [2.45, 2.75) is 20.0 Å². The maximum absolute atomic E-state index is 5.42. The number of nitrogens with zero attached hydrogens (tertiary/aromatic N) is 1. The number of methoxy groups -OCH3 is 1. The first-order valence-corrected chi connectivity index (χ1v) is 5.98. The lowest BCUT2D eigenvalue weighted by Gasteiger charge is -2.12. The zero-order valence-corrected chi connectivity index (χ0v) is 11.4. The molecule has 0 spiro atoms. The average Bonchev–Trinajstić information content (AvgIpc) is 2.24. The highest BCUT2D eigenvalue weighted by atomic mass is 79.9. The van der Waals surface area contributed by atoms with Crippen LogP contribution in [0.1, 0.15) is 13.8 Å². The van der Waals surface area contributed by atoms with Gasteiger partial charge < -0.3 is 14.8 Å². The van der Waals surface area contributed by atoms with Gasteiger partial charge in [0.2, 0.25) is 0 Å². The second kappa shape index (κ2) is 6.70. The molecule has 0 radical (unpaired) electrons. The topological polar surface area (TPSA) is 43.4 Å². The van der Waals surface area contributed by atoms with Gasteiger partial charge in [-0.25, -0.2) is 4.98 Å². The Morgan fingerprint density at radius 2 is 2.25 bits per heavy atom. The first-order valence-electron chi connectivity index (χ1n) is 5.19. The largest absolute Gasteiger partial charge is 0.492 e. The van der Waals surface area contributed by atoms with Crippen LogP contribution in [-0.2, 0) is 4.74 Å². The lowest BCUT2D eigenvalue weighted by Crippen LogP contribution is -2.14. The smallest absolute Gasteiger partial charge is 0.175 e. The lowest BCUT2D eigenvalue weighted by atomic mass is 10.4. The van der Waals surface area contributed by atoms with Crippen LogP contribution >= 0.6 is 15.9 Å². The molecule has 1 aromatic rings. The number of aromatic nitrogens is 1. The van der Waals surface area contributed by atoms with Gasteiger partial charge in [-0.15, -0.1) is 0 Å². The molecule has 0 unspecified atom stereocenters. The molecule has 4 nitrogen and oxygen atoms in total. The predicted octanol–water partition coefficient (Wildman–Crippen LogP) is 2.69. The molecule has 1 N–H and O–H groups in total. The summed E-state index contributed by atoms with van der Waals surface area (Å²) < 4.78 is 11.6. The van der Waals surface area contributed by atoms with Gasteiger partial charge in [0, 0.05) is 12.7 Å². The number of ether oxygens (including phenoxy) is 2. The van der Waals surface area contributed by atoms with Crippen molar-refractivity contribution in [3.05, 3.63) is 16.7 Å². The molecule has 0 aliphatic heterocycles. The van der Waals surface area contributed by atoms with Gasteiger partial charge in [0.15, 0.2) is 11.6 Å². The second-order valence-electron chi connectivity index (χ2n) is 3.52. The van der Waals surface area contributed by atoms with E-state index < -0.39 is 0 Å². The van der Waals surface area contributed by atoms with Crippen molar-refractivity contribution in [2.24, 2.45) is 0 Å². The van der Waals surface area contributed by atoms with Crippen LogP contribution in [0.5, 0.6) is 5.75 Å². The quantitative estimate of drug-likeness (QED) is 0.818. The fourth-order valence-corrected chi connectivity index (χ4v) is 1.68. The van der Waals surface area contributed by atoms with Gasteiger partial charge in [0.05, 0.1) is 24.3 Å². The number of hydrogen-bond donors (Lipinski definition) is 1. The van der Waals surface area contributed by atoms with Gasteiger partial charge in [0.1, 0.15) is 0 Å². The first-order chi connectivity index (χ1) is 7.65. The van der Waals surface area contributed by atoms with E-state index in [2.05, 4.69) is 26.2 Å². The molecule has 0 bridgehead atoms. The predicted molar refractivity (Wildman–Crippen MR) is 68.1 cm³/mol. The third-order valence-corrected chi connectivity index (χ3v) is 2.53. The SMILES string of the molecule is COc1c(Br)ccnc1NCCOC(C)C. The van der Waals surface area contributed by atoms with Crippen molar-refractivity contribution in [1.29, 1.82) is 0 Å². The third-order valence-electron chi connectivity index (χ3n) is 1.91. The number of nitrogens with one attached hydrogen (secondary N) is 1. The summed E-state index contributed by atoms with van der Waals surface area (Å²) in [5.41, 5.74) is 0. The molecule has 5 heteroatoms. The molecule has 0 amide bonds. The Kier molecular flexibility index (Phi) is 5.55. The van der Waals surface area contributed by atoms with E-state index in [0.717, 1.165) is 10.3 Å². The number of pyridine rings is 1. The van der Waals surface area contributed by atoms with Gasteiger partial charge in [0.25, 0.3) is 0 Å². The summed E-state index contributed by atoms with van der Waals surface area (Å²) in [6, 6.07) is 1.84. The summed E-state index contributed by atoms with van der Waals surface area (Å²) in [6.45, 7) is 5.38. The van der Waals surface area contributed by atoms with E-state index in [0.29, 0.717) is 18.9 Å². The van der Waals surface area contributed by atoms with Crippen LogP contribution in [-0.4, -0.2) is 31.3 Å². The Balaban J connectivity index is 2.50. The molecule has 1 rings (SSSR count). The van der Waals surface area contributed by atoms with Crippen LogP contribution in [0, 0.1) is 0 Å². The summed E-state index contributed by atoms with van der Waals surface area (Å²) in [4.78, 5) is 4.21. The van der Waals surface area contributed by atoms with Crippen LogP contribution in [0.3, 0.4) is 0 Å². The van der Waals surface area contributed by atoms with Crippen molar-refractivity contribution < 1.29 is 9.47 Å². The van der Waals surface area contributed by atoms with E-state index in [1.807, 2.05) is 19.9 Å². The average molecular weight is 289 g/mol. The maximum atomic E-state index is 5.42. The van der Waals surface area contributed by atoms with Crippen LogP contribution < -0.4 is 10.1 Å². The Morgan fingerprint density at radius 3 is 2.88 bits per heavy atom. The van der Waals surface area contributed by atoms with Crippen LogP contribution in [0.2, 0.25) is 0 Å². The number of halogens is 1. The summed E-state index contributed by atoms with van der Waals surface area (Å²) in [5, 5.41) is 3.17. The van der Waals surface area contributed by atoms with E-state index in [1.165, 1.54) is 0 Å². The first kappa shape index (κ1) is 13.3. The molecule has 0 aromatic carbocycles. The summed E-state index contributed by atoms with van der Waals surface area (Å²) >= 11 is 3.40. The van der Waals surface area contributed by atoms with Gasteiger partial charge >= 0.3 is 0 Å². The Morgan fingerprint density at radius 1 is 1.50 bits per heavy atom. The van der Waals surface area contributed by atoms with Crippen molar-refractivity contribution >= 4 is 21.7 Å². The van der Waals surface area contributed by atoms with Gasteiger partial charge in [-0.2, -0.15) is 0 Å². The summed E-state index contributed by atoms with van der Waals surface area (Å²) in [6.07, 6.45) is 1.97. The fraction of sp³-hybridized carbons (Fsp3) is 0.545. The Hall–Kier alpha value is -0.810. The molecule has 1 heterocycles. The number of anilines is 1. The molecule has 0 saturated carbocycles. The highest BCUT2D eigenvalue weighted by molar-refractivity contribution is 9.10. The Bertz CT molecular complexity index is 332. The van der Waals surface area contributed by atoms with Crippen LogP contribution in [0.4, 0.5) is 5.82 Å². The van der Waals surface area contributed by atoms with Crippen molar-refractivity contribution in [1.82, 2.24) is 4.98 Å². The lowest BCUT2D eigenvalue weighted by molar-refractivity contribution is 0.0870. The van der Waals surface area contributed by atoms with Gasteiger partial charge in [-0.05, 0) is 35.8 Å². The molecule has 0 atom stereocenters. The molecule has 16 heavy (non-hydrogen) atoms. The maximum Gasteiger partial charge on any atom is 0.175 e. The Labute approximate surface area is 104 Å². The molecule has 0 aliphatic rings. The van der Waals surface area contributed by atoms with Gasteiger partial charge in [-0.3, -0.25) is 0 Å². The van der Waals surface area contributed by atoms with Crippen molar-refractivity contribution in [2.75, 3.05) is 25.6 Å².